The van der Waals surface area contributed by atoms with E-state index in [9.17, 15) is 4.39 Å². The van der Waals surface area contributed by atoms with E-state index in [2.05, 4.69) is 22.2 Å². The Morgan fingerprint density at radius 2 is 2.28 bits per heavy atom. The number of hydrogen-bond donors (Lipinski definition) is 1. The summed E-state index contributed by atoms with van der Waals surface area (Å²) < 4.78 is 13.8. The summed E-state index contributed by atoms with van der Waals surface area (Å²) in [5.41, 5.74) is 0.627. The molecule has 1 N–H and O–H groups in total. The first-order chi connectivity index (χ1) is 8.72. The monoisotopic (exact) mass is 265 g/mol. The molecule has 96 valence electrons. The molecule has 0 spiro atoms. The zero-order valence-corrected chi connectivity index (χ0v) is 11.3. The molecule has 2 aromatic heterocycles. The molecule has 3 nitrogen and oxygen atoms in total. The summed E-state index contributed by atoms with van der Waals surface area (Å²) in [5.74, 6) is -0.280. The van der Waals surface area contributed by atoms with Crippen LogP contribution in [0.4, 0.5) is 4.39 Å². The number of aryl methyl sites for hydroxylation is 1. The highest BCUT2D eigenvalue weighted by molar-refractivity contribution is 7.11. The number of rotatable bonds is 5. The predicted molar refractivity (Wildman–Crippen MR) is 71.2 cm³/mol. The molecule has 0 saturated heterocycles. The van der Waals surface area contributed by atoms with Gasteiger partial charge in [0.1, 0.15) is 5.82 Å². The van der Waals surface area contributed by atoms with Gasteiger partial charge in [0.15, 0.2) is 0 Å². The van der Waals surface area contributed by atoms with Crippen LogP contribution in [0.1, 0.15) is 34.8 Å². The molecule has 2 heterocycles. The summed E-state index contributed by atoms with van der Waals surface area (Å²) in [7, 11) is 0. The van der Waals surface area contributed by atoms with Crippen LogP contribution in [0.25, 0.3) is 0 Å². The molecule has 5 heteroatoms. The molecule has 1 atom stereocenters. The van der Waals surface area contributed by atoms with Gasteiger partial charge in [-0.2, -0.15) is 0 Å². The first kappa shape index (κ1) is 13.1. The Morgan fingerprint density at radius 3 is 2.89 bits per heavy atom. The SMILES string of the molecule is CCCNC(c1cnc(C)s1)c1ccncc1F. The molecule has 18 heavy (non-hydrogen) atoms. The number of thiazole rings is 1. The Kier molecular flexibility index (Phi) is 4.38. The van der Waals surface area contributed by atoms with E-state index in [1.807, 2.05) is 13.1 Å². The van der Waals surface area contributed by atoms with Gasteiger partial charge >= 0.3 is 0 Å². The van der Waals surface area contributed by atoms with Gasteiger partial charge in [0, 0.05) is 22.8 Å². The van der Waals surface area contributed by atoms with E-state index in [0.29, 0.717) is 5.56 Å². The van der Waals surface area contributed by atoms with E-state index in [4.69, 9.17) is 0 Å². The van der Waals surface area contributed by atoms with E-state index in [1.54, 1.807) is 23.6 Å². The van der Waals surface area contributed by atoms with Crippen molar-refractivity contribution in [3.05, 3.63) is 45.9 Å². The molecule has 0 amide bonds. The van der Waals surface area contributed by atoms with Crippen molar-refractivity contribution in [2.45, 2.75) is 26.3 Å². The summed E-state index contributed by atoms with van der Waals surface area (Å²) in [5, 5.41) is 4.35. The Morgan fingerprint density at radius 1 is 1.44 bits per heavy atom. The van der Waals surface area contributed by atoms with Crippen molar-refractivity contribution in [2.75, 3.05) is 6.54 Å². The van der Waals surface area contributed by atoms with Gasteiger partial charge in [0.05, 0.1) is 17.2 Å². The van der Waals surface area contributed by atoms with Gasteiger partial charge in [0.25, 0.3) is 0 Å². The molecule has 0 bridgehead atoms. The zero-order chi connectivity index (χ0) is 13.0. The average Bonchev–Trinajstić information content (AvgIpc) is 2.78. The van der Waals surface area contributed by atoms with Crippen LogP contribution in [0.5, 0.6) is 0 Å². The van der Waals surface area contributed by atoms with Crippen molar-refractivity contribution < 1.29 is 4.39 Å². The fraction of sp³-hybridized carbons (Fsp3) is 0.385. The van der Waals surface area contributed by atoms with Crippen molar-refractivity contribution in [2.24, 2.45) is 0 Å². The van der Waals surface area contributed by atoms with Crippen LogP contribution < -0.4 is 5.32 Å². The second-order valence-corrected chi connectivity index (χ2v) is 5.33. The quantitative estimate of drug-likeness (QED) is 0.902. The van der Waals surface area contributed by atoms with E-state index in [0.717, 1.165) is 22.9 Å². The standard InChI is InChI=1S/C13H16FN3S/c1-3-5-16-13(12-8-17-9(2)18-12)10-4-6-15-7-11(10)14/h4,6-8,13,16H,3,5H2,1-2H3. The van der Waals surface area contributed by atoms with E-state index < -0.39 is 0 Å². The molecule has 2 aromatic rings. The molecule has 0 fully saturated rings. The van der Waals surface area contributed by atoms with Gasteiger partial charge in [-0.15, -0.1) is 11.3 Å². The number of nitrogens with one attached hydrogen (secondary N) is 1. The number of hydrogen-bond acceptors (Lipinski definition) is 4. The van der Waals surface area contributed by atoms with Crippen LogP contribution in [-0.2, 0) is 0 Å². The largest absolute Gasteiger partial charge is 0.305 e. The third-order valence-electron chi connectivity index (χ3n) is 2.64. The molecule has 2 rings (SSSR count). The summed E-state index contributed by atoms with van der Waals surface area (Å²) in [6, 6.07) is 1.58. The van der Waals surface area contributed by atoms with Gasteiger partial charge in [-0.3, -0.25) is 4.98 Å². The Bertz CT molecular complexity index is 512. The van der Waals surface area contributed by atoms with Crippen molar-refractivity contribution in [3.8, 4) is 0 Å². The maximum absolute atomic E-state index is 13.8. The lowest BCUT2D eigenvalue weighted by atomic mass is 10.1. The second kappa shape index (κ2) is 6.02. The third kappa shape index (κ3) is 2.91. The third-order valence-corrected chi connectivity index (χ3v) is 3.61. The highest BCUT2D eigenvalue weighted by atomic mass is 32.1. The maximum atomic E-state index is 13.8. The zero-order valence-electron chi connectivity index (χ0n) is 10.5. The number of pyridine rings is 1. The highest BCUT2D eigenvalue weighted by Gasteiger charge is 2.19. The minimum Gasteiger partial charge on any atom is -0.305 e. The smallest absolute Gasteiger partial charge is 0.146 e. The van der Waals surface area contributed by atoms with Gasteiger partial charge in [-0.05, 0) is 26.0 Å². The van der Waals surface area contributed by atoms with E-state index >= 15 is 0 Å². The van der Waals surface area contributed by atoms with E-state index in [-0.39, 0.29) is 11.9 Å². The van der Waals surface area contributed by atoms with Gasteiger partial charge in [-0.1, -0.05) is 6.92 Å². The van der Waals surface area contributed by atoms with Crippen LogP contribution in [0, 0.1) is 12.7 Å². The van der Waals surface area contributed by atoms with Gasteiger partial charge < -0.3 is 5.32 Å². The van der Waals surface area contributed by atoms with Gasteiger partial charge in [-0.25, -0.2) is 9.37 Å². The molecule has 1 unspecified atom stereocenters. The van der Waals surface area contributed by atoms with Crippen LogP contribution in [0.2, 0.25) is 0 Å². The molecule has 0 radical (unpaired) electrons. The highest BCUT2D eigenvalue weighted by Crippen LogP contribution is 2.28. The summed E-state index contributed by atoms with van der Waals surface area (Å²) in [4.78, 5) is 9.07. The van der Waals surface area contributed by atoms with Crippen molar-refractivity contribution in [1.29, 1.82) is 0 Å². The Balaban J connectivity index is 2.33. The molecule has 0 saturated carbocycles. The van der Waals surface area contributed by atoms with Gasteiger partial charge in [0.2, 0.25) is 0 Å². The van der Waals surface area contributed by atoms with Crippen molar-refractivity contribution in [3.63, 3.8) is 0 Å². The molecule has 0 aliphatic carbocycles. The number of halogens is 1. The lowest BCUT2D eigenvalue weighted by Gasteiger charge is -2.17. The Labute approximate surface area is 110 Å². The Hall–Kier alpha value is -1.33. The minimum absolute atomic E-state index is 0.140. The lowest BCUT2D eigenvalue weighted by molar-refractivity contribution is 0.547. The van der Waals surface area contributed by atoms with Crippen molar-refractivity contribution in [1.82, 2.24) is 15.3 Å². The molecule has 0 aromatic carbocycles. The fourth-order valence-corrected chi connectivity index (χ4v) is 2.66. The first-order valence-electron chi connectivity index (χ1n) is 5.97. The topological polar surface area (TPSA) is 37.8 Å². The molecule has 0 aliphatic heterocycles. The number of aromatic nitrogens is 2. The lowest BCUT2D eigenvalue weighted by Crippen LogP contribution is -2.23. The van der Waals surface area contributed by atoms with Crippen LogP contribution in [0.3, 0.4) is 0 Å². The first-order valence-corrected chi connectivity index (χ1v) is 6.79. The molecular weight excluding hydrogens is 249 g/mol. The molecule has 0 aliphatic rings. The van der Waals surface area contributed by atoms with Crippen molar-refractivity contribution >= 4 is 11.3 Å². The minimum atomic E-state index is -0.280. The summed E-state index contributed by atoms with van der Waals surface area (Å²) in [6.07, 6.45) is 5.69. The molecular formula is C13H16FN3S. The van der Waals surface area contributed by atoms with Crippen LogP contribution >= 0.6 is 11.3 Å². The van der Waals surface area contributed by atoms with E-state index in [1.165, 1.54) is 6.20 Å². The van der Waals surface area contributed by atoms with Crippen LogP contribution in [-0.4, -0.2) is 16.5 Å². The second-order valence-electron chi connectivity index (χ2n) is 4.07. The maximum Gasteiger partial charge on any atom is 0.146 e. The average molecular weight is 265 g/mol. The summed E-state index contributed by atoms with van der Waals surface area (Å²) >= 11 is 1.59. The summed E-state index contributed by atoms with van der Waals surface area (Å²) in [6.45, 7) is 4.88. The number of nitrogens with zero attached hydrogens (tertiary/aromatic N) is 2. The van der Waals surface area contributed by atoms with Crippen LogP contribution in [0.15, 0.2) is 24.7 Å². The predicted octanol–water partition coefficient (Wildman–Crippen LogP) is 3.07. The normalized spacial score (nSPS) is 12.6. The fourth-order valence-electron chi connectivity index (χ4n) is 1.78.